The van der Waals surface area contributed by atoms with Crippen molar-refractivity contribution in [3.8, 4) is 5.88 Å². The Morgan fingerprint density at radius 2 is 1.89 bits per heavy atom. The lowest BCUT2D eigenvalue weighted by Gasteiger charge is -2.40. The molecule has 2 fully saturated rings. The van der Waals surface area contributed by atoms with Crippen molar-refractivity contribution in [2.45, 2.75) is 37.8 Å². The molecule has 3 aliphatic rings. The van der Waals surface area contributed by atoms with Gasteiger partial charge in [-0.15, -0.1) is 0 Å². The fourth-order valence-corrected chi connectivity index (χ4v) is 5.21. The summed E-state index contributed by atoms with van der Waals surface area (Å²) in [7, 11) is 1.37. The minimum atomic E-state index is -0.528. The number of fused-ring (bicyclic) bond motifs is 1. The first-order chi connectivity index (χ1) is 17.0. The normalized spacial score (nSPS) is 23.1. The van der Waals surface area contributed by atoms with Gasteiger partial charge in [-0.3, -0.25) is 15.2 Å². The number of carbonyl (C=O) groups excluding carboxylic acids is 2. The molecule has 0 saturated carbocycles. The Labute approximate surface area is 205 Å². The highest BCUT2D eigenvalue weighted by molar-refractivity contribution is 6.01. The van der Waals surface area contributed by atoms with Crippen LogP contribution in [0.2, 0.25) is 0 Å². The van der Waals surface area contributed by atoms with Crippen molar-refractivity contribution < 1.29 is 19.1 Å². The minimum Gasteiger partial charge on any atom is -0.452 e. The topological polar surface area (TPSA) is 99.3 Å². The van der Waals surface area contributed by atoms with Crippen LogP contribution in [0.5, 0.6) is 5.88 Å². The molecule has 35 heavy (non-hydrogen) atoms. The first kappa shape index (κ1) is 23.5. The Bertz CT molecular complexity index is 1060. The van der Waals surface area contributed by atoms with Gasteiger partial charge in [0.2, 0.25) is 5.88 Å². The maximum Gasteiger partial charge on any atom is 0.421 e. The van der Waals surface area contributed by atoms with Crippen LogP contribution in [-0.2, 0) is 4.74 Å². The number of methoxy groups -OCH3 is 1. The number of piperidine rings is 1. The van der Waals surface area contributed by atoms with Crippen molar-refractivity contribution in [1.82, 2.24) is 20.7 Å². The molecule has 10 heteroatoms. The summed E-state index contributed by atoms with van der Waals surface area (Å²) in [4.78, 5) is 33.1. The molecule has 186 valence electrons. The van der Waals surface area contributed by atoms with Gasteiger partial charge in [0.1, 0.15) is 0 Å². The summed E-state index contributed by atoms with van der Waals surface area (Å²) in [5.41, 5.74) is 5.94. The van der Waals surface area contributed by atoms with Crippen LogP contribution >= 0.6 is 0 Å². The fraction of sp³-hybridized carbons (Fsp3) is 0.480. The van der Waals surface area contributed by atoms with Crippen LogP contribution in [0.4, 0.5) is 21.0 Å². The predicted molar refractivity (Wildman–Crippen MR) is 132 cm³/mol. The second-order valence-electron chi connectivity index (χ2n) is 9.28. The molecular formula is C25H32N6O4. The van der Waals surface area contributed by atoms with Crippen LogP contribution in [-0.4, -0.2) is 74.1 Å². The van der Waals surface area contributed by atoms with Gasteiger partial charge in [0, 0.05) is 37.3 Å². The summed E-state index contributed by atoms with van der Waals surface area (Å²) in [5, 5.41) is 5.78. The minimum absolute atomic E-state index is 0.232. The predicted octanol–water partition coefficient (Wildman–Crippen LogP) is 2.72. The molecule has 1 unspecified atom stereocenters. The number of benzene rings is 1. The zero-order valence-corrected chi connectivity index (χ0v) is 20.1. The summed E-state index contributed by atoms with van der Waals surface area (Å²) < 4.78 is 10.6. The summed E-state index contributed by atoms with van der Waals surface area (Å²) in [6.07, 6.45) is 2.85. The highest BCUT2D eigenvalue weighted by atomic mass is 16.6. The van der Waals surface area contributed by atoms with Gasteiger partial charge < -0.3 is 14.8 Å². The largest absolute Gasteiger partial charge is 0.452 e. The second-order valence-corrected chi connectivity index (χ2v) is 9.28. The molecular weight excluding hydrogens is 448 g/mol. The molecule has 2 N–H and O–H groups in total. The van der Waals surface area contributed by atoms with E-state index in [4.69, 9.17) is 9.47 Å². The van der Waals surface area contributed by atoms with Gasteiger partial charge in [0.25, 0.3) is 0 Å². The first-order valence-corrected chi connectivity index (χ1v) is 12.2. The second kappa shape index (κ2) is 10.2. The third-order valence-electron chi connectivity index (χ3n) is 7.04. The number of hydrogen-bond acceptors (Lipinski definition) is 8. The maximum atomic E-state index is 13.2. The van der Waals surface area contributed by atoms with E-state index in [0.29, 0.717) is 17.4 Å². The third-order valence-corrected chi connectivity index (χ3v) is 7.04. The molecule has 1 aromatic carbocycles. The zero-order chi connectivity index (χ0) is 24.4. The summed E-state index contributed by atoms with van der Waals surface area (Å²) >= 11 is 0. The van der Waals surface area contributed by atoms with Crippen LogP contribution in [0.1, 0.15) is 31.2 Å². The number of ether oxygens (including phenoxy) is 2. The third kappa shape index (κ3) is 4.82. The van der Waals surface area contributed by atoms with Crippen molar-refractivity contribution in [2.75, 3.05) is 49.6 Å². The highest BCUT2D eigenvalue weighted by Gasteiger charge is 2.38. The summed E-state index contributed by atoms with van der Waals surface area (Å²) in [6, 6.07) is 11.4. The molecule has 2 atom stereocenters. The molecule has 0 bridgehead atoms. The first-order valence-electron chi connectivity index (χ1n) is 12.2. The summed E-state index contributed by atoms with van der Waals surface area (Å²) in [5.74, 6) is 0.505. The monoisotopic (exact) mass is 480 g/mol. The van der Waals surface area contributed by atoms with Crippen molar-refractivity contribution in [3.05, 3.63) is 48.2 Å². The molecule has 1 aromatic heterocycles. The van der Waals surface area contributed by atoms with Gasteiger partial charge in [0.05, 0.1) is 31.1 Å². The van der Waals surface area contributed by atoms with Crippen molar-refractivity contribution in [2.24, 2.45) is 0 Å². The number of amides is 2. The molecule has 4 heterocycles. The molecule has 2 saturated heterocycles. The van der Waals surface area contributed by atoms with Crippen molar-refractivity contribution in [3.63, 3.8) is 0 Å². The Hall–Kier alpha value is -3.21. The number of anilines is 2. The quantitative estimate of drug-likeness (QED) is 0.692. The van der Waals surface area contributed by atoms with Crippen LogP contribution in [0.15, 0.2) is 42.6 Å². The van der Waals surface area contributed by atoms with Crippen LogP contribution in [0, 0.1) is 0 Å². The fourth-order valence-electron chi connectivity index (χ4n) is 5.21. The molecule has 2 amide bonds. The highest BCUT2D eigenvalue weighted by Crippen LogP contribution is 2.39. The Morgan fingerprint density at radius 3 is 2.63 bits per heavy atom. The standard InChI is InChI=1S/C25H32N6O4/c1-17-15-29(24(32)35-23-5-3-4-10-27-23)22-13-18(6-7-21(22)31(17)25(33)34-2)19-14-28-30(16-19)20-8-11-26-12-9-20/h3-7,10,13,17,19-20,26,28H,8-9,11-12,14-16H2,1-2H3/t17-,19?/m0/s1. The molecule has 10 nitrogen and oxygen atoms in total. The number of hydrazine groups is 1. The lowest BCUT2D eigenvalue weighted by atomic mass is 9.96. The van der Waals surface area contributed by atoms with Gasteiger partial charge in [-0.1, -0.05) is 12.1 Å². The van der Waals surface area contributed by atoms with Gasteiger partial charge in [0.15, 0.2) is 0 Å². The number of pyridine rings is 1. The van der Waals surface area contributed by atoms with E-state index in [0.717, 1.165) is 44.6 Å². The smallest absolute Gasteiger partial charge is 0.421 e. The lowest BCUT2D eigenvalue weighted by molar-refractivity contribution is 0.142. The van der Waals surface area contributed by atoms with E-state index in [2.05, 4.69) is 20.7 Å². The van der Waals surface area contributed by atoms with E-state index in [9.17, 15) is 9.59 Å². The van der Waals surface area contributed by atoms with E-state index in [1.54, 1.807) is 34.2 Å². The van der Waals surface area contributed by atoms with E-state index in [-0.39, 0.29) is 24.4 Å². The van der Waals surface area contributed by atoms with Gasteiger partial charge in [-0.25, -0.2) is 19.6 Å². The number of hydrogen-bond donors (Lipinski definition) is 2. The van der Waals surface area contributed by atoms with E-state index >= 15 is 0 Å². The average Bonchev–Trinajstić information content (AvgIpc) is 3.39. The zero-order valence-electron chi connectivity index (χ0n) is 20.1. The Kier molecular flexibility index (Phi) is 6.85. The molecule has 3 aliphatic heterocycles. The van der Waals surface area contributed by atoms with Gasteiger partial charge >= 0.3 is 12.2 Å². The summed E-state index contributed by atoms with van der Waals surface area (Å²) in [6.45, 7) is 5.98. The SMILES string of the molecule is COC(=O)N1c2ccc(C3CNN(C4CCNCC4)C3)cc2N(C(=O)Oc2ccccn2)C[C@@H]1C. The number of aromatic nitrogens is 1. The van der Waals surface area contributed by atoms with Gasteiger partial charge in [-0.05, 0) is 56.6 Å². The van der Waals surface area contributed by atoms with Crippen molar-refractivity contribution >= 4 is 23.6 Å². The van der Waals surface area contributed by atoms with Gasteiger partial charge in [-0.2, -0.15) is 0 Å². The molecule has 0 aliphatic carbocycles. The number of nitrogens with zero attached hydrogens (tertiary/aromatic N) is 4. The van der Waals surface area contributed by atoms with Crippen molar-refractivity contribution in [1.29, 1.82) is 0 Å². The lowest BCUT2D eigenvalue weighted by Crippen LogP contribution is -2.52. The van der Waals surface area contributed by atoms with Crippen LogP contribution in [0.3, 0.4) is 0 Å². The molecule has 5 rings (SSSR count). The molecule has 0 radical (unpaired) electrons. The van der Waals surface area contributed by atoms with Crippen LogP contribution in [0.25, 0.3) is 0 Å². The Morgan fingerprint density at radius 1 is 1.06 bits per heavy atom. The molecule has 2 aromatic rings. The molecule has 0 spiro atoms. The van der Waals surface area contributed by atoms with Crippen LogP contribution < -0.4 is 25.3 Å². The van der Waals surface area contributed by atoms with E-state index in [1.807, 2.05) is 25.1 Å². The van der Waals surface area contributed by atoms with E-state index in [1.165, 1.54) is 7.11 Å². The van der Waals surface area contributed by atoms with E-state index < -0.39 is 12.2 Å². The number of carbonyl (C=O) groups is 2. The number of rotatable bonds is 3. The maximum absolute atomic E-state index is 13.2. The average molecular weight is 481 g/mol. The Balaban J connectivity index is 1.43. The number of nitrogens with one attached hydrogen (secondary N) is 2.